The summed E-state index contributed by atoms with van der Waals surface area (Å²) in [5.41, 5.74) is 4.51. The summed E-state index contributed by atoms with van der Waals surface area (Å²) in [4.78, 5) is 20.9. The zero-order chi connectivity index (χ0) is 22.4. The van der Waals surface area contributed by atoms with Gasteiger partial charge in [0.25, 0.3) is 0 Å². The molecule has 6 nitrogen and oxygen atoms in total. The number of hydrogen-bond donors (Lipinski definition) is 1. The van der Waals surface area contributed by atoms with Crippen LogP contribution in [0.3, 0.4) is 0 Å². The number of carboxylic acids is 1. The molecule has 0 saturated carbocycles. The number of carboxylic acid groups (broad SMARTS) is 1. The molecule has 0 radical (unpaired) electrons. The van der Waals surface area contributed by atoms with E-state index in [1.807, 2.05) is 44.3 Å². The number of rotatable bonds is 9. The molecule has 3 aromatic rings. The van der Waals surface area contributed by atoms with E-state index in [1.165, 1.54) is 0 Å². The van der Waals surface area contributed by atoms with Crippen LogP contribution in [-0.4, -0.2) is 27.1 Å². The first kappa shape index (κ1) is 22.4. The number of nitriles is 1. The zero-order valence-corrected chi connectivity index (χ0v) is 18.7. The number of nitrogens with zero attached hydrogens (tertiary/aromatic N) is 3. The first-order valence-corrected chi connectivity index (χ1v) is 11.1. The van der Waals surface area contributed by atoms with E-state index in [-0.39, 0.29) is 12.5 Å². The van der Waals surface area contributed by atoms with E-state index in [4.69, 9.17) is 9.84 Å². The Morgan fingerprint density at radius 1 is 1.29 bits per heavy atom. The molecule has 0 aliphatic rings. The monoisotopic (exact) mass is 435 g/mol. The number of aliphatic carboxylic acids is 1. The van der Waals surface area contributed by atoms with Gasteiger partial charge in [0.1, 0.15) is 16.8 Å². The molecule has 7 heteroatoms. The van der Waals surface area contributed by atoms with Crippen molar-refractivity contribution in [3.63, 3.8) is 0 Å². The molecule has 0 bridgehead atoms. The van der Waals surface area contributed by atoms with Crippen molar-refractivity contribution >= 4 is 17.3 Å². The molecule has 0 aliphatic carbocycles. The Morgan fingerprint density at radius 2 is 2.10 bits per heavy atom. The van der Waals surface area contributed by atoms with Gasteiger partial charge in [-0.15, -0.1) is 11.3 Å². The molecule has 31 heavy (non-hydrogen) atoms. The summed E-state index contributed by atoms with van der Waals surface area (Å²) in [6.07, 6.45) is 5.76. The van der Waals surface area contributed by atoms with Gasteiger partial charge in [-0.25, -0.2) is 4.98 Å². The predicted molar refractivity (Wildman–Crippen MR) is 121 cm³/mol. The molecular weight excluding hydrogens is 410 g/mol. The average molecular weight is 436 g/mol. The molecule has 1 N–H and O–H groups in total. The molecule has 2 aromatic heterocycles. The van der Waals surface area contributed by atoms with Crippen LogP contribution in [0, 0.1) is 11.3 Å². The maximum atomic E-state index is 10.8. The number of ether oxygens (including phenoxy) is 1. The fraction of sp³-hybridized carbons (Fsp3) is 0.333. The summed E-state index contributed by atoms with van der Waals surface area (Å²) in [6, 6.07) is 9.74. The quantitative estimate of drug-likeness (QED) is 0.477. The molecule has 160 valence electrons. The molecule has 1 aromatic carbocycles. The number of benzene rings is 1. The molecule has 0 saturated heterocycles. The normalized spacial score (nSPS) is 10.8. The Labute approximate surface area is 186 Å². The van der Waals surface area contributed by atoms with Crippen LogP contribution in [0.5, 0.6) is 5.75 Å². The highest BCUT2D eigenvalue weighted by Crippen LogP contribution is 2.36. The van der Waals surface area contributed by atoms with Crippen molar-refractivity contribution in [3.8, 4) is 32.8 Å². The van der Waals surface area contributed by atoms with Crippen molar-refractivity contribution < 1.29 is 14.6 Å². The smallest absolute Gasteiger partial charge is 0.303 e. The van der Waals surface area contributed by atoms with Gasteiger partial charge in [-0.3, -0.25) is 9.78 Å². The minimum Gasteiger partial charge on any atom is -0.490 e. The third-order valence-corrected chi connectivity index (χ3v) is 5.86. The van der Waals surface area contributed by atoms with E-state index in [0.29, 0.717) is 24.2 Å². The van der Waals surface area contributed by atoms with Gasteiger partial charge in [-0.2, -0.15) is 5.26 Å². The molecule has 0 unspecified atom stereocenters. The molecule has 2 heterocycles. The maximum Gasteiger partial charge on any atom is 0.303 e. The Morgan fingerprint density at radius 3 is 2.77 bits per heavy atom. The molecule has 0 atom stereocenters. The highest BCUT2D eigenvalue weighted by molar-refractivity contribution is 7.18. The molecule has 0 spiro atoms. The highest BCUT2D eigenvalue weighted by atomic mass is 32.1. The van der Waals surface area contributed by atoms with Crippen molar-refractivity contribution in [2.45, 2.75) is 52.6 Å². The SMILES string of the molecule is CCc1c(-c2cnc(-c3ccc(OC(C)C)c(C#N)c3)s2)ccnc1CCCC(=O)O. The summed E-state index contributed by atoms with van der Waals surface area (Å²) in [5.74, 6) is -0.214. The lowest BCUT2D eigenvalue weighted by molar-refractivity contribution is -0.137. The van der Waals surface area contributed by atoms with Gasteiger partial charge >= 0.3 is 5.97 Å². The fourth-order valence-electron chi connectivity index (χ4n) is 3.42. The number of aromatic nitrogens is 2. The first-order valence-electron chi connectivity index (χ1n) is 10.3. The van der Waals surface area contributed by atoms with E-state index in [2.05, 4.69) is 23.0 Å². The summed E-state index contributed by atoms with van der Waals surface area (Å²) >= 11 is 1.56. The van der Waals surface area contributed by atoms with Crippen LogP contribution in [0.1, 0.15) is 50.4 Å². The fourth-order valence-corrected chi connectivity index (χ4v) is 4.39. The van der Waals surface area contributed by atoms with Crippen LogP contribution in [0.15, 0.2) is 36.7 Å². The van der Waals surface area contributed by atoms with Crippen LogP contribution in [0.25, 0.3) is 21.0 Å². The average Bonchev–Trinajstić information content (AvgIpc) is 3.23. The lowest BCUT2D eigenvalue weighted by atomic mass is 10.00. The van der Waals surface area contributed by atoms with Gasteiger partial charge in [0.05, 0.1) is 16.5 Å². The summed E-state index contributed by atoms with van der Waals surface area (Å²) < 4.78 is 5.71. The predicted octanol–water partition coefficient (Wildman–Crippen LogP) is 5.50. The van der Waals surface area contributed by atoms with Crippen LogP contribution < -0.4 is 4.74 Å². The summed E-state index contributed by atoms with van der Waals surface area (Å²) in [5, 5.41) is 19.2. The van der Waals surface area contributed by atoms with E-state index in [9.17, 15) is 10.1 Å². The van der Waals surface area contributed by atoms with Crippen molar-refractivity contribution in [1.82, 2.24) is 9.97 Å². The Balaban J connectivity index is 1.90. The first-order chi connectivity index (χ1) is 14.9. The zero-order valence-electron chi connectivity index (χ0n) is 17.9. The second-order valence-corrected chi connectivity index (χ2v) is 8.43. The highest BCUT2D eigenvalue weighted by Gasteiger charge is 2.15. The lowest BCUT2D eigenvalue weighted by Gasteiger charge is -2.11. The van der Waals surface area contributed by atoms with Crippen molar-refractivity contribution in [1.29, 1.82) is 5.26 Å². The molecule has 3 rings (SSSR count). The third kappa shape index (κ3) is 5.47. The largest absolute Gasteiger partial charge is 0.490 e. The lowest BCUT2D eigenvalue weighted by Crippen LogP contribution is -2.06. The van der Waals surface area contributed by atoms with E-state index < -0.39 is 5.97 Å². The second kappa shape index (κ2) is 10.2. The van der Waals surface area contributed by atoms with Crippen molar-refractivity contribution in [3.05, 3.63) is 53.5 Å². The van der Waals surface area contributed by atoms with E-state index in [0.717, 1.165) is 38.7 Å². The number of carbonyl (C=O) groups is 1. The van der Waals surface area contributed by atoms with Gasteiger partial charge < -0.3 is 9.84 Å². The third-order valence-electron chi connectivity index (χ3n) is 4.78. The topological polar surface area (TPSA) is 96.1 Å². The number of hydrogen-bond acceptors (Lipinski definition) is 6. The van der Waals surface area contributed by atoms with Gasteiger partial charge in [0.15, 0.2) is 0 Å². The van der Waals surface area contributed by atoms with Gasteiger partial charge in [0.2, 0.25) is 0 Å². The molecule has 0 aliphatic heterocycles. The van der Waals surface area contributed by atoms with Gasteiger partial charge in [-0.05, 0) is 68.5 Å². The Bertz CT molecular complexity index is 1120. The molecular formula is C24H25N3O3S. The Hall–Kier alpha value is -3.24. The molecule has 0 fully saturated rings. The number of pyridine rings is 1. The summed E-state index contributed by atoms with van der Waals surface area (Å²) in [7, 11) is 0. The van der Waals surface area contributed by atoms with Crippen molar-refractivity contribution in [2.24, 2.45) is 0 Å². The van der Waals surface area contributed by atoms with Crippen molar-refractivity contribution in [2.75, 3.05) is 0 Å². The minimum atomic E-state index is -0.789. The van der Waals surface area contributed by atoms with Crippen LogP contribution in [-0.2, 0) is 17.6 Å². The molecule has 0 amide bonds. The van der Waals surface area contributed by atoms with Crippen LogP contribution in [0.2, 0.25) is 0 Å². The van der Waals surface area contributed by atoms with E-state index in [1.54, 1.807) is 17.5 Å². The van der Waals surface area contributed by atoms with Gasteiger partial charge in [0, 0.05) is 30.1 Å². The van der Waals surface area contributed by atoms with Gasteiger partial charge in [-0.1, -0.05) is 6.92 Å². The Kier molecular flexibility index (Phi) is 7.37. The standard InChI is InChI=1S/C24H25N3O3S/c1-4-18-19(10-11-26-20(18)6-5-7-23(28)29)22-14-27-24(31-22)16-8-9-21(30-15(2)3)17(12-16)13-25/h8-12,14-15H,4-7H2,1-3H3,(H,28,29). The van der Waals surface area contributed by atoms with Crippen LogP contribution in [0.4, 0.5) is 0 Å². The van der Waals surface area contributed by atoms with E-state index >= 15 is 0 Å². The minimum absolute atomic E-state index is 0.00624. The number of aryl methyl sites for hydroxylation is 1. The maximum absolute atomic E-state index is 10.8. The summed E-state index contributed by atoms with van der Waals surface area (Å²) in [6.45, 7) is 5.94. The number of thiazole rings is 1. The van der Waals surface area contributed by atoms with Crippen LogP contribution >= 0.6 is 11.3 Å². The second-order valence-electron chi connectivity index (χ2n) is 7.40.